The summed E-state index contributed by atoms with van der Waals surface area (Å²) in [5.41, 5.74) is 55.6. The summed E-state index contributed by atoms with van der Waals surface area (Å²) < 4.78 is 116. The van der Waals surface area contributed by atoms with E-state index in [-0.39, 0.29) is 65.0 Å². The summed E-state index contributed by atoms with van der Waals surface area (Å²) >= 11 is 0. The average Bonchev–Trinajstić information content (AvgIpc) is 1.31. The third-order valence-corrected chi connectivity index (χ3v) is 17.7. The maximum absolute atomic E-state index is 10.6. The molecule has 0 N–H and O–H groups in total. The van der Waals surface area contributed by atoms with Crippen LogP contribution in [0, 0.1) is 0 Å². The molecule has 3 heterocycles. The summed E-state index contributed by atoms with van der Waals surface area (Å²) in [5.74, 6) is 3.11. The molecule has 33 heteroatoms. The van der Waals surface area contributed by atoms with Crippen LogP contribution in [-0.2, 0) is 94.6 Å². The minimum Gasteiger partial charge on any atom is -0.497 e. The molecule has 0 amide bonds. The van der Waals surface area contributed by atoms with Crippen LogP contribution < -0.4 is 23.7 Å². The molecule has 6 aromatic carbocycles. The highest BCUT2D eigenvalue weighted by Crippen LogP contribution is 2.42. The lowest BCUT2D eigenvalue weighted by Gasteiger charge is -2.46. The van der Waals surface area contributed by atoms with Gasteiger partial charge in [-0.2, -0.15) is 0 Å². The lowest BCUT2D eigenvalue weighted by atomic mass is 9.84. The molecule has 33 nitrogen and oxygen atoms in total. The molecular formula is C71H81N15O18. The van der Waals surface area contributed by atoms with Crippen LogP contribution in [0.4, 0.5) is 0 Å². The van der Waals surface area contributed by atoms with Gasteiger partial charge in [0.1, 0.15) is 83.3 Å². The zero-order valence-corrected chi connectivity index (χ0v) is 58.0. The SMILES string of the molecule is C=C1OC(c2ccccc2)OCC1OC(OC1C(N=[N+]=[N-])CC(N=[N+]=[N-])C(OCc2ccc(OC)cc2)C1OC1OC(COCc2ccc(OC)cc2)C(OC2OC(CN=[N+]=[N-])C(OCc3ccc(OC)cc3)C(OCc3ccc(OC)cc3)C2N=[N+]=[N-])C1OCc1ccc(OC)cc1)C(C)N=[N+]=[N-]. The van der Waals surface area contributed by atoms with E-state index >= 15 is 0 Å². The number of rotatable bonds is 37. The summed E-state index contributed by atoms with van der Waals surface area (Å²) in [6.45, 7) is 4.70. The number of methoxy groups -OCH3 is 5. The normalized spacial score (nSPS) is 26.2. The predicted octanol–water partition coefficient (Wildman–Crippen LogP) is 13.6. The Morgan fingerprint density at radius 2 is 0.933 bits per heavy atom. The smallest absolute Gasteiger partial charge is 0.226 e. The molecule has 0 radical (unpaired) electrons. The van der Waals surface area contributed by atoms with E-state index in [2.05, 4.69) is 56.7 Å². The number of ether oxygens (including phenoxy) is 18. The van der Waals surface area contributed by atoms with E-state index < -0.39 is 110 Å². The quantitative estimate of drug-likeness (QED) is 0.0151. The Kier molecular flexibility index (Phi) is 28.7. The number of hydrogen-bond donors (Lipinski definition) is 0. The van der Waals surface area contributed by atoms with Gasteiger partial charge in [-0.25, -0.2) is 0 Å². The van der Waals surface area contributed by atoms with Crippen molar-refractivity contribution in [2.24, 2.45) is 25.6 Å². The molecule has 3 saturated heterocycles. The summed E-state index contributed by atoms with van der Waals surface area (Å²) in [7, 11) is 7.74. The Labute approximate surface area is 598 Å². The highest BCUT2D eigenvalue weighted by molar-refractivity contribution is 5.31. The van der Waals surface area contributed by atoms with Gasteiger partial charge in [0.25, 0.3) is 0 Å². The first-order chi connectivity index (χ1) is 50.9. The van der Waals surface area contributed by atoms with Crippen molar-refractivity contribution in [2.45, 2.75) is 157 Å². The number of benzene rings is 6. The lowest BCUT2D eigenvalue weighted by Crippen LogP contribution is -2.62. The molecule has 10 rings (SSSR count). The highest BCUT2D eigenvalue weighted by atomic mass is 16.8. The molecule has 18 atom stereocenters. The van der Waals surface area contributed by atoms with Gasteiger partial charge >= 0.3 is 0 Å². The van der Waals surface area contributed by atoms with Gasteiger partial charge in [-0.05, 0) is 123 Å². The van der Waals surface area contributed by atoms with E-state index in [9.17, 15) is 27.7 Å². The second-order valence-corrected chi connectivity index (χ2v) is 24.2. The van der Waals surface area contributed by atoms with E-state index in [1.807, 2.05) is 66.7 Å². The Morgan fingerprint density at radius 3 is 1.41 bits per heavy atom. The monoisotopic (exact) mass is 1430 g/mol. The zero-order chi connectivity index (χ0) is 73.2. The molecule has 4 fully saturated rings. The minimum absolute atomic E-state index is 0.0188. The third kappa shape index (κ3) is 20.4. The van der Waals surface area contributed by atoms with Crippen LogP contribution in [0.15, 0.2) is 190 Å². The maximum Gasteiger partial charge on any atom is 0.226 e. The molecule has 104 heavy (non-hydrogen) atoms. The number of azide groups is 5. The average molecular weight is 1430 g/mol. The molecule has 0 aromatic heterocycles. The van der Waals surface area contributed by atoms with Crippen molar-refractivity contribution in [3.05, 3.63) is 250 Å². The maximum atomic E-state index is 10.6. The van der Waals surface area contributed by atoms with Gasteiger partial charge in [0.2, 0.25) is 6.29 Å². The van der Waals surface area contributed by atoms with Crippen LogP contribution in [0.3, 0.4) is 0 Å². The van der Waals surface area contributed by atoms with E-state index in [0.717, 1.165) is 11.1 Å². The minimum atomic E-state index is -1.61. The molecule has 1 saturated carbocycles. The first-order valence-electron chi connectivity index (χ1n) is 33.2. The third-order valence-electron chi connectivity index (χ3n) is 17.7. The van der Waals surface area contributed by atoms with Crippen molar-refractivity contribution in [1.29, 1.82) is 0 Å². The first kappa shape index (κ1) is 76.6. The van der Waals surface area contributed by atoms with Gasteiger partial charge in [-0.1, -0.05) is 130 Å². The van der Waals surface area contributed by atoms with Gasteiger partial charge in [-0.3, -0.25) is 0 Å². The van der Waals surface area contributed by atoms with Crippen molar-refractivity contribution in [3.8, 4) is 28.7 Å². The number of hydrogen-bond acceptors (Lipinski definition) is 23. The first-order valence-corrected chi connectivity index (χ1v) is 33.2. The molecule has 4 aliphatic rings. The highest BCUT2D eigenvalue weighted by Gasteiger charge is 2.57. The Bertz CT molecular complexity index is 3940. The topological polar surface area (TPSA) is 410 Å². The summed E-state index contributed by atoms with van der Waals surface area (Å²) in [4.78, 5) is 16.0. The van der Waals surface area contributed by atoms with Gasteiger partial charge in [0, 0.05) is 30.1 Å². The molecule has 0 bridgehead atoms. The van der Waals surface area contributed by atoms with E-state index in [1.165, 1.54) is 14.2 Å². The molecule has 3 aliphatic heterocycles. The van der Waals surface area contributed by atoms with Gasteiger partial charge < -0.3 is 85.3 Å². The van der Waals surface area contributed by atoms with Crippen molar-refractivity contribution < 1.29 is 85.3 Å². The van der Waals surface area contributed by atoms with Crippen LogP contribution in [0.5, 0.6) is 28.7 Å². The lowest BCUT2D eigenvalue weighted by molar-refractivity contribution is -0.301. The number of nitrogens with zero attached hydrogens (tertiary/aromatic N) is 15. The molecule has 548 valence electrons. The summed E-state index contributed by atoms with van der Waals surface area (Å²) in [6.07, 6.45) is -18.6. The Morgan fingerprint density at radius 1 is 0.471 bits per heavy atom. The molecule has 18 unspecified atom stereocenters. The Balaban J connectivity index is 1.08. The standard InChI is InChI=1S/C71H81N15O18/c1-42(78-83-73)68(100-58-41-97-69(98-43(58)2)49-11-9-8-10-12-49)102-62-56(80-85-75)33-55(79-84-74)61(93-36-45-15-25-51(88-4)26-16-45)66(62)104-71-67(96-39-48-21-31-54(91-7)32-22-48)64(59(101-71)40-92-35-44-13-23-50(87-3)24-14-44)103-70-60(81-86-76)65(95-38-47-19-29-53(90-6)30-20-47)63(57(99-70)34-77-82-72)94-37-46-17-27-52(89-5)28-18-46/h8-32,42,55-71H,2,33-41H2,1,3-7H3. The second-order valence-electron chi connectivity index (χ2n) is 24.2. The van der Waals surface area contributed by atoms with Crippen molar-refractivity contribution in [2.75, 3.05) is 55.3 Å². The van der Waals surface area contributed by atoms with Gasteiger partial charge in [0.15, 0.2) is 18.9 Å². The summed E-state index contributed by atoms with van der Waals surface area (Å²) in [5, 5.41) is 20.8. The predicted molar refractivity (Wildman–Crippen MR) is 371 cm³/mol. The van der Waals surface area contributed by atoms with Crippen LogP contribution in [-0.4, -0.2) is 159 Å². The fraction of sp³-hybridized carbons (Fsp3) is 0.465. The molecule has 0 spiro atoms. The van der Waals surface area contributed by atoms with E-state index in [0.29, 0.717) is 51.0 Å². The van der Waals surface area contributed by atoms with Crippen LogP contribution >= 0.6 is 0 Å². The molecule has 6 aromatic rings. The fourth-order valence-electron chi connectivity index (χ4n) is 12.2. The van der Waals surface area contributed by atoms with Gasteiger partial charge in [0.05, 0.1) is 125 Å². The Hall–Kier alpha value is -10.1. The van der Waals surface area contributed by atoms with E-state index in [1.54, 1.807) is 113 Å². The van der Waals surface area contributed by atoms with Crippen molar-refractivity contribution in [1.82, 2.24) is 0 Å². The second kappa shape index (κ2) is 39.0. The zero-order valence-electron chi connectivity index (χ0n) is 58.0. The van der Waals surface area contributed by atoms with Crippen LogP contribution in [0.25, 0.3) is 52.2 Å². The fourth-order valence-corrected chi connectivity index (χ4v) is 12.2. The molecule has 1 aliphatic carbocycles. The van der Waals surface area contributed by atoms with Gasteiger partial charge in [-0.15, -0.1) is 0 Å². The largest absolute Gasteiger partial charge is 0.497 e. The van der Waals surface area contributed by atoms with E-state index in [4.69, 9.17) is 85.3 Å². The summed E-state index contributed by atoms with van der Waals surface area (Å²) in [6, 6.07) is 39.9. The van der Waals surface area contributed by atoms with Crippen molar-refractivity contribution in [3.63, 3.8) is 0 Å². The van der Waals surface area contributed by atoms with Crippen molar-refractivity contribution >= 4 is 0 Å². The van der Waals surface area contributed by atoms with Crippen LogP contribution in [0.2, 0.25) is 0 Å². The molecular weight excluding hydrogens is 1350 g/mol. The van der Waals surface area contributed by atoms with Crippen LogP contribution in [0.1, 0.15) is 53.0 Å².